The molecule has 12 N–H and O–H groups in total. The third kappa shape index (κ3) is 9.47. The molecule has 328 valence electrons. The largest absolute Gasteiger partial charge is 0.490 e. The molecule has 0 aliphatic carbocycles. The van der Waals surface area contributed by atoms with Crippen molar-refractivity contribution in [3.8, 4) is 23.3 Å². The molecule has 1 spiro atoms. The standard InChI is InChI=1S/C36H37N6O17P3/c37-21-7-10-26-29(14-21)56-30-15-22(38)8-11-27(30)36(26)25-9-6-19(13-24(25)34(45)57-36)32(44)40-12-4-2-1-3-5-20-17-42(35(46)41-31(20)39)33-28(43)16-23(55-33)18-54-61(50,51)59-62(52,53)58-60(47,48)49/h6-11,13-15,17,23,28,33,43H,1-2,4,12,16,18,37-38H2,(H,40,44)(H,50,51)(H,52,53)(H2,39,41,46)(H2,47,48,49)/t23-,28+,33+/m0/s1. The second-order valence-electron chi connectivity index (χ2n) is 14.0. The predicted octanol–water partition coefficient (Wildman–Crippen LogP) is 2.50. The number of amides is 1. The van der Waals surface area contributed by atoms with Crippen LogP contribution in [0.15, 0.2) is 65.6 Å². The number of nitrogens with two attached hydrogens (primary N) is 3. The zero-order valence-corrected chi connectivity index (χ0v) is 34.5. The van der Waals surface area contributed by atoms with Crippen LogP contribution in [0.4, 0.5) is 17.2 Å². The van der Waals surface area contributed by atoms with E-state index in [-0.39, 0.29) is 35.5 Å². The fourth-order valence-corrected chi connectivity index (χ4v) is 10.1. The highest BCUT2D eigenvalue weighted by Crippen LogP contribution is 2.66. The molecule has 5 atom stereocenters. The number of benzene rings is 3. The Bertz CT molecular complexity index is 2700. The summed E-state index contributed by atoms with van der Waals surface area (Å²) < 4.78 is 65.0. The van der Waals surface area contributed by atoms with Crippen molar-refractivity contribution in [2.24, 2.45) is 0 Å². The van der Waals surface area contributed by atoms with Gasteiger partial charge in [-0.25, -0.2) is 23.3 Å². The normalized spacial score (nSPS) is 20.3. The summed E-state index contributed by atoms with van der Waals surface area (Å²) in [7, 11) is -16.8. The van der Waals surface area contributed by atoms with Gasteiger partial charge in [-0.15, -0.1) is 0 Å². The van der Waals surface area contributed by atoms with Crippen molar-refractivity contribution in [2.45, 2.75) is 49.7 Å². The molecule has 4 aromatic rings. The lowest BCUT2D eigenvalue weighted by Crippen LogP contribution is -2.33. The quantitative estimate of drug-likeness (QED) is 0.0306. The third-order valence-corrected chi connectivity index (χ3v) is 13.4. The molecule has 4 heterocycles. The molecule has 0 bridgehead atoms. The molecule has 1 saturated heterocycles. The molecule has 2 unspecified atom stereocenters. The molecular weight excluding hydrogens is 881 g/mol. The first-order valence-corrected chi connectivity index (χ1v) is 22.8. The van der Waals surface area contributed by atoms with Crippen LogP contribution in [-0.2, 0) is 41.9 Å². The summed E-state index contributed by atoms with van der Waals surface area (Å²) in [6, 6.07) is 14.9. The second-order valence-corrected chi connectivity index (χ2v) is 18.4. The zero-order valence-electron chi connectivity index (χ0n) is 31.9. The Hall–Kier alpha value is -5.43. The third-order valence-electron chi connectivity index (χ3n) is 9.61. The molecule has 26 heteroatoms. The summed E-state index contributed by atoms with van der Waals surface area (Å²) in [4.78, 5) is 79.3. The van der Waals surface area contributed by atoms with Gasteiger partial charge < -0.3 is 61.4 Å². The maximum atomic E-state index is 13.4. The SMILES string of the molecule is Nc1ccc2c(c1)Oc1cc(N)ccc1C21OC(=O)c2cc(C(=O)NCCCCC#Cc3cn([C@@H]4O[C@H](COP(=O)(O)OP(=O)(O)OP(=O)(O)O)C[C@H]4O)c(=O)nc3N)ccc21. The molecule has 3 aromatic carbocycles. The minimum absolute atomic E-state index is 0.100. The van der Waals surface area contributed by atoms with Crippen molar-refractivity contribution >= 4 is 52.5 Å². The average molecular weight is 919 g/mol. The fraction of sp³-hybridized carbons (Fsp3) is 0.278. The Labute approximate surface area is 350 Å². The summed E-state index contributed by atoms with van der Waals surface area (Å²) in [6.07, 6.45) is -1.71. The van der Waals surface area contributed by atoms with Crippen molar-refractivity contribution in [1.29, 1.82) is 0 Å². The number of carbonyl (C=O) groups excluding carboxylic acids is 2. The molecule has 1 amide bonds. The lowest BCUT2D eigenvalue weighted by molar-refractivity contribution is -0.0523. The summed E-state index contributed by atoms with van der Waals surface area (Å²) in [5.74, 6) is 5.22. The number of hydrogen-bond acceptors (Lipinski definition) is 17. The van der Waals surface area contributed by atoms with Gasteiger partial charge in [-0.1, -0.05) is 17.9 Å². The zero-order chi connectivity index (χ0) is 44.8. The van der Waals surface area contributed by atoms with Gasteiger partial charge >= 0.3 is 35.1 Å². The number of ether oxygens (including phenoxy) is 3. The number of aliphatic hydroxyl groups is 1. The van der Waals surface area contributed by atoms with Gasteiger partial charge in [-0.2, -0.15) is 13.6 Å². The number of nitrogen functional groups attached to an aromatic ring is 3. The summed E-state index contributed by atoms with van der Waals surface area (Å²) in [6.45, 7) is -0.583. The lowest BCUT2D eigenvalue weighted by atomic mass is 9.77. The van der Waals surface area contributed by atoms with E-state index in [9.17, 15) is 43.0 Å². The van der Waals surface area contributed by atoms with E-state index in [4.69, 9.17) is 41.2 Å². The number of nitrogens with zero attached hydrogens (tertiary/aromatic N) is 2. The van der Waals surface area contributed by atoms with Gasteiger partial charge in [0, 0.05) is 71.3 Å². The lowest BCUT2D eigenvalue weighted by Gasteiger charge is -2.36. The number of phosphoric ester groups is 1. The van der Waals surface area contributed by atoms with E-state index in [1.807, 2.05) is 0 Å². The van der Waals surface area contributed by atoms with Crippen LogP contribution in [0.2, 0.25) is 0 Å². The smallest absolute Gasteiger partial charge is 0.456 e. The summed E-state index contributed by atoms with van der Waals surface area (Å²) in [5, 5.41) is 13.4. The van der Waals surface area contributed by atoms with Gasteiger partial charge in [-0.3, -0.25) is 13.9 Å². The Morgan fingerprint density at radius 2 is 1.58 bits per heavy atom. The van der Waals surface area contributed by atoms with E-state index in [1.165, 1.54) is 12.3 Å². The van der Waals surface area contributed by atoms with Gasteiger partial charge in [0.25, 0.3) is 5.91 Å². The molecule has 0 radical (unpaired) electrons. The number of aromatic nitrogens is 2. The number of rotatable bonds is 13. The summed E-state index contributed by atoms with van der Waals surface area (Å²) >= 11 is 0. The minimum atomic E-state index is -5.75. The van der Waals surface area contributed by atoms with E-state index in [2.05, 4.69) is 35.3 Å². The first-order chi connectivity index (χ1) is 29.1. The van der Waals surface area contributed by atoms with Crippen molar-refractivity contribution in [3.05, 3.63) is 105 Å². The van der Waals surface area contributed by atoms with Gasteiger partial charge in [0.15, 0.2) is 11.8 Å². The Morgan fingerprint density at radius 3 is 2.24 bits per heavy atom. The van der Waals surface area contributed by atoms with Crippen LogP contribution in [0.5, 0.6) is 11.5 Å². The van der Waals surface area contributed by atoms with Gasteiger partial charge in [-0.05, 0) is 49.2 Å². The summed E-state index contributed by atoms with van der Waals surface area (Å²) in [5.41, 5.74) is 18.8. The van der Waals surface area contributed by atoms with Crippen molar-refractivity contribution in [2.75, 3.05) is 30.4 Å². The number of fused-ring (bicyclic) bond motifs is 6. The van der Waals surface area contributed by atoms with Crippen LogP contribution in [-0.4, -0.2) is 71.5 Å². The van der Waals surface area contributed by atoms with Gasteiger partial charge in [0.2, 0.25) is 0 Å². The molecule has 1 fully saturated rings. The monoisotopic (exact) mass is 918 g/mol. The molecule has 62 heavy (non-hydrogen) atoms. The van der Waals surface area contributed by atoms with Crippen molar-refractivity contribution < 1.29 is 75.3 Å². The predicted molar refractivity (Wildman–Crippen MR) is 214 cm³/mol. The first kappa shape index (κ1) is 44.6. The van der Waals surface area contributed by atoms with E-state index in [0.29, 0.717) is 58.8 Å². The highest BCUT2D eigenvalue weighted by atomic mass is 31.3. The van der Waals surface area contributed by atoms with E-state index in [0.717, 1.165) is 4.57 Å². The van der Waals surface area contributed by atoms with Crippen LogP contribution in [0.1, 0.15) is 74.9 Å². The molecule has 0 saturated carbocycles. The number of phosphoric acid groups is 3. The van der Waals surface area contributed by atoms with E-state index in [1.54, 1.807) is 48.5 Å². The second kappa shape index (κ2) is 17.0. The molecule has 7 rings (SSSR count). The van der Waals surface area contributed by atoms with E-state index < -0.39 is 71.7 Å². The van der Waals surface area contributed by atoms with E-state index >= 15 is 0 Å². The van der Waals surface area contributed by atoms with Crippen LogP contribution in [0.25, 0.3) is 0 Å². The average Bonchev–Trinajstić information content (AvgIpc) is 3.68. The number of unbranched alkanes of at least 4 members (excludes halogenated alkanes) is 2. The highest BCUT2D eigenvalue weighted by molar-refractivity contribution is 7.66. The Balaban J connectivity index is 0.931. The Morgan fingerprint density at radius 1 is 0.919 bits per heavy atom. The van der Waals surface area contributed by atoms with Crippen LogP contribution >= 0.6 is 23.5 Å². The minimum Gasteiger partial charge on any atom is -0.456 e. The molecule has 3 aliphatic rings. The molecule has 3 aliphatic heterocycles. The molecule has 1 aromatic heterocycles. The number of carbonyl (C=O) groups is 2. The van der Waals surface area contributed by atoms with Gasteiger partial charge in [0.1, 0.15) is 23.4 Å². The number of hydrogen-bond donors (Lipinski definition) is 9. The van der Waals surface area contributed by atoms with Crippen LogP contribution in [0, 0.1) is 11.8 Å². The van der Waals surface area contributed by atoms with Crippen LogP contribution < -0.4 is 32.9 Å². The van der Waals surface area contributed by atoms with Crippen molar-refractivity contribution in [1.82, 2.24) is 14.9 Å². The fourth-order valence-electron chi connectivity index (χ4n) is 7.03. The Kier molecular flexibility index (Phi) is 12.3. The first-order valence-electron chi connectivity index (χ1n) is 18.3. The highest BCUT2D eigenvalue weighted by Gasteiger charge is 2.54. The van der Waals surface area contributed by atoms with Crippen LogP contribution in [0.3, 0.4) is 0 Å². The van der Waals surface area contributed by atoms with Gasteiger partial charge in [0.05, 0.1) is 23.8 Å². The number of aliphatic hydroxyl groups excluding tert-OH is 1. The molecule has 23 nitrogen and oxygen atoms in total. The van der Waals surface area contributed by atoms with Crippen molar-refractivity contribution in [3.63, 3.8) is 0 Å². The maximum absolute atomic E-state index is 13.4. The maximum Gasteiger partial charge on any atom is 0.490 e. The number of esters is 1. The topological polar surface area (TPSA) is 367 Å². The molecular formula is C36H37N6O17P3. The number of nitrogens with one attached hydrogen (secondary N) is 1. The number of anilines is 3.